The summed E-state index contributed by atoms with van der Waals surface area (Å²) in [4.78, 5) is 7.72. The van der Waals surface area contributed by atoms with Crippen molar-refractivity contribution in [3.63, 3.8) is 0 Å². The summed E-state index contributed by atoms with van der Waals surface area (Å²) in [6.07, 6.45) is 0. The highest BCUT2D eigenvalue weighted by Gasteiger charge is 2.45. The third-order valence-electron chi connectivity index (χ3n) is 20.2. The molecule has 0 saturated carbocycles. The van der Waals surface area contributed by atoms with Crippen molar-refractivity contribution in [2.45, 2.75) is 52.4 Å². The Morgan fingerprint density at radius 1 is 0.305 bits per heavy atom. The summed E-state index contributed by atoms with van der Waals surface area (Å²) in [7, 11) is 0. The van der Waals surface area contributed by atoms with Gasteiger partial charge in [0, 0.05) is 50.6 Å². The molecule has 0 radical (unpaired) electrons. The monoisotopic (exact) mass is 1220 g/mol. The normalized spacial score (nSPS) is 12.9. The lowest BCUT2D eigenvalue weighted by Gasteiger charge is -2.46. The van der Waals surface area contributed by atoms with E-state index in [4.69, 9.17) is 4.42 Å². The zero-order chi connectivity index (χ0) is 63.8. The van der Waals surface area contributed by atoms with Crippen molar-refractivity contribution in [1.82, 2.24) is 0 Å². The smallest absolute Gasteiger partial charge is 0.252 e. The molecular weight excluding hydrogens is 1150 g/mol. The number of anilines is 9. The maximum atomic E-state index is 6.67. The Morgan fingerprint density at radius 2 is 0.821 bits per heavy atom. The molecule has 0 amide bonds. The van der Waals surface area contributed by atoms with Gasteiger partial charge >= 0.3 is 0 Å². The molecule has 5 heteroatoms. The van der Waals surface area contributed by atoms with Gasteiger partial charge in [0.2, 0.25) is 0 Å². The Kier molecular flexibility index (Phi) is 12.8. The number of nitrogens with zero attached hydrogens (tertiary/aromatic N) is 3. The Labute approximate surface area is 555 Å². The first kappa shape index (κ1) is 56.4. The lowest BCUT2D eigenvalue weighted by Crippen LogP contribution is -2.61. The van der Waals surface area contributed by atoms with Gasteiger partial charge in [-0.25, -0.2) is 0 Å². The number of para-hydroxylation sites is 3. The van der Waals surface area contributed by atoms with E-state index in [2.05, 4.69) is 360 Å². The van der Waals surface area contributed by atoms with Gasteiger partial charge in [0.15, 0.2) is 0 Å². The van der Waals surface area contributed by atoms with Crippen LogP contribution in [-0.2, 0) is 10.8 Å². The average Bonchev–Trinajstić information content (AvgIpc) is 1.10. The fourth-order valence-electron chi connectivity index (χ4n) is 15.7. The van der Waals surface area contributed by atoms with E-state index in [9.17, 15) is 0 Å². The predicted octanol–water partition coefficient (Wildman–Crippen LogP) is 23.3. The molecule has 452 valence electrons. The van der Waals surface area contributed by atoms with Crippen LogP contribution < -0.4 is 31.1 Å². The lowest BCUT2D eigenvalue weighted by molar-refractivity contribution is 0.590. The molecule has 0 N–H and O–H groups in total. The Hall–Kier alpha value is -11.4. The highest BCUT2D eigenvalue weighted by Crippen LogP contribution is 2.53. The van der Waals surface area contributed by atoms with E-state index in [1.807, 2.05) is 0 Å². The van der Waals surface area contributed by atoms with E-state index in [1.54, 1.807) is 0 Å². The van der Waals surface area contributed by atoms with E-state index < -0.39 is 0 Å². The number of hydrogen-bond donors (Lipinski definition) is 0. The second-order valence-electron chi connectivity index (χ2n) is 28.0. The van der Waals surface area contributed by atoms with Crippen LogP contribution in [0.5, 0.6) is 0 Å². The Morgan fingerprint density at radius 3 is 1.51 bits per heavy atom. The summed E-state index contributed by atoms with van der Waals surface area (Å²) in [6, 6.07) is 114. The van der Waals surface area contributed by atoms with Gasteiger partial charge < -0.3 is 19.1 Å². The van der Waals surface area contributed by atoms with Gasteiger partial charge in [-0.15, -0.1) is 0 Å². The number of fused-ring (bicyclic) bond motifs is 7. The largest absolute Gasteiger partial charge is 0.456 e. The third kappa shape index (κ3) is 9.12. The molecule has 18 rings (SSSR count). The third-order valence-corrected chi connectivity index (χ3v) is 20.2. The minimum atomic E-state index is -0.197. The molecule has 2 aliphatic heterocycles. The molecule has 0 fully saturated rings. The van der Waals surface area contributed by atoms with Crippen molar-refractivity contribution in [2.75, 3.05) is 14.7 Å². The van der Waals surface area contributed by atoms with Crippen molar-refractivity contribution < 1.29 is 4.42 Å². The minimum absolute atomic E-state index is 0.139. The fraction of sp³-hybridized carbons (Fsp3) is 0.0889. The van der Waals surface area contributed by atoms with Gasteiger partial charge in [0.1, 0.15) is 11.2 Å². The number of benzene rings is 15. The molecule has 4 nitrogen and oxygen atoms in total. The summed E-state index contributed by atoms with van der Waals surface area (Å²) in [5.74, 6) is 0. The van der Waals surface area contributed by atoms with E-state index in [0.717, 1.165) is 95.4 Å². The topological polar surface area (TPSA) is 22.9 Å². The van der Waals surface area contributed by atoms with Gasteiger partial charge in [-0.05, 0) is 195 Å². The van der Waals surface area contributed by atoms with Crippen LogP contribution in [0, 0.1) is 0 Å². The molecule has 0 unspecified atom stereocenters. The first-order chi connectivity index (χ1) is 46.4. The van der Waals surface area contributed by atoms with Crippen molar-refractivity contribution in [1.29, 1.82) is 0 Å². The van der Waals surface area contributed by atoms with Gasteiger partial charge in [0.05, 0.1) is 22.4 Å². The van der Waals surface area contributed by atoms with Crippen LogP contribution in [0.4, 0.5) is 51.2 Å². The zero-order valence-electron chi connectivity index (χ0n) is 54.2. The van der Waals surface area contributed by atoms with Crippen LogP contribution in [0.15, 0.2) is 308 Å². The quantitative estimate of drug-likeness (QED) is 0.106. The first-order valence-electron chi connectivity index (χ1n) is 33.3. The molecule has 0 saturated heterocycles. The maximum Gasteiger partial charge on any atom is 0.252 e. The first-order valence-corrected chi connectivity index (χ1v) is 33.3. The molecule has 1 aromatic heterocycles. The van der Waals surface area contributed by atoms with E-state index in [0.29, 0.717) is 0 Å². The molecule has 95 heavy (non-hydrogen) atoms. The van der Waals surface area contributed by atoms with Crippen molar-refractivity contribution >= 4 is 129 Å². The molecule has 3 heterocycles. The van der Waals surface area contributed by atoms with Crippen LogP contribution in [-0.4, -0.2) is 6.71 Å². The Bertz CT molecular complexity index is 5660. The minimum Gasteiger partial charge on any atom is -0.456 e. The molecule has 0 bridgehead atoms. The number of furan rings is 1. The summed E-state index contributed by atoms with van der Waals surface area (Å²) in [6.45, 7) is 13.9. The standard InChI is InChI=1S/C90H68BN3O/c1-89(2,3)65-44-48-77(73(54-65)63-50-61-42-40-59-28-22-29-60-41-43-62(51-63)86(61)85(59)60)93-78-49-45-66(90(4,5)6)55-75(78)91-74-47-46-68(92(67-30-14-9-15-31-67)79-37-23-39-84-87(79)72-35-19-21-38-83(72)95-84)56-80(74)94(76-36-20-18-34-71(76)58-26-12-8-13-27-58)82-53-64(52-81(93)88(82)91)70-33-17-16-32-69(70)57-24-10-7-11-25-57/h7-56H,1-6H3. The SMILES string of the molecule is CC(C)(C)c1ccc2c(c1)B1c3ccc(N(c4ccccc4)c4cccc5oc6ccccc6c45)cc3N(c3ccccc3-c3ccccc3)c3cc(-c4ccccc4-c4ccccc4)cc(c31)N2c1ccc(C(C)(C)C)cc1-c1cc2ccc3cccc4ccc(c1)c2c34. The summed E-state index contributed by atoms with van der Waals surface area (Å²) < 4.78 is 6.67. The molecule has 0 spiro atoms. The summed E-state index contributed by atoms with van der Waals surface area (Å²) in [5, 5.41) is 9.80. The predicted molar refractivity (Wildman–Crippen MR) is 405 cm³/mol. The maximum absolute atomic E-state index is 6.67. The molecule has 15 aromatic carbocycles. The van der Waals surface area contributed by atoms with Gasteiger partial charge in [0.25, 0.3) is 6.71 Å². The summed E-state index contributed by atoms with van der Waals surface area (Å²) >= 11 is 0. The Balaban J connectivity index is 0.971. The van der Waals surface area contributed by atoms with Gasteiger partial charge in [-0.2, -0.15) is 0 Å². The second-order valence-corrected chi connectivity index (χ2v) is 28.0. The van der Waals surface area contributed by atoms with Crippen molar-refractivity contribution in [3.8, 4) is 44.5 Å². The van der Waals surface area contributed by atoms with Crippen LogP contribution >= 0.6 is 0 Å². The second kappa shape index (κ2) is 21.6. The van der Waals surface area contributed by atoms with Crippen molar-refractivity contribution in [2.24, 2.45) is 0 Å². The van der Waals surface area contributed by atoms with Crippen LogP contribution in [0.2, 0.25) is 0 Å². The lowest BCUT2D eigenvalue weighted by atomic mass is 9.33. The van der Waals surface area contributed by atoms with E-state index in [1.165, 1.54) is 82.1 Å². The molecular formula is C90H68BN3O. The van der Waals surface area contributed by atoms with Crippen LogP contribution in [0.3, 0.4) is 0 Å². The van der Waals surface area contributed by atoms with Gasteiger partial charge in [-0.1, -0.05) is 254 Å². The van der Waals surface area contributed by atoms with Crippen LogP contribution in [0.25, 0.3) is 98.8 Å². The summed E-state index contributed by atoms with van der Waals surface area (Å²) in [5.41, 5.74) is 26.9. The van der Waals surface area contributed by atoms with Crippen molar-refractivity contribution in [3.05, 3.63) is 314 Å². The molecule has 0 aliphatic carbocycles. The zero-order valence-corrected chi connectivity index (χ0v) is 54.2. The van der Waals surface area contributed by atoms with Gasteiger partial charge in [-0.3, -0.25) is 0 Å². The van der Waals surface area contributed by atoms with E-state index >= 15 is 0 Å². The van der Waals surface area contributed by atoms with Crippen LogP contribution in [0.1, 0.15) is 52.7 Å². The number of hydrogen-bond acceptors (Lipinski definition) is 4. The number of rotatable bonds is 9. The molecule has 16 aromatic rings. The highest BCUT2D eigenvalue weighted by atomic mass is 16.3. The molecule has 2 aliphatic rings. The molecule has 0 atom stereocenters. The van der Waals surface area contributed by atoms with E-state index in [-0.39, 0.29) is 17.5 Å². The fourth-order valence-corrected chi connectivity index (χ4v) is 15.7. The average molecular weight is 1220 g/mol. The highest BCUT2D eigenvalue weighted by molar-refractivity contribution is 7.00.